The number of para-hydroxylation sites is 1. The molecule has 23 heavy (non-hydrogen) atoms. The molecular formula is C16H12F2N2O2S. The van der Waals surface area contributed by atoms with Crippen molar-refractivity contribution >= 4 is 20.9 Å². The first kappa shape index (κ1) is 15.5. The lowest BCUT2D eigenvalue weighted by Crippen LogP contribution is -2.24. The van der Waals surface area contributed by atoms with E-state index in [1.807, 2.05) is 0 Å². The first-order chi connectivity index (χ1) is 11.0. The summed E-state index contributed by atoms with van der Waals surface area (Å²) in [6.45, 7) is -0.352. The van der Waals surface area contributed by atoms with Crippen LogP contribution in [0.2, 0.25) is 0 Å². The Morgan fingerprint density at radius 3 is 2.65 bits per heavy atom. The summed E-state index contributed by atoms with van der Waals surface area (Å²) in [6.07, 6.45) is 1.49. The molecule has 0 aliphatic heterocycles. The van der Waals surface area contributed by atoms with E-state index in [-0.39, 0.29) is 17.0 Å². The van der Waals surface area contributed by atoms with Crippen molar-refractivity contribution in [1.29, 1.82) is 0 Å². The minimum atomic E-state index is -3.92. The van der Waals surface area contributed by atoms with Gasteiger partial charge in [0.05, 0.1) is 5.52 Å². The largest absolute Gasteiger partial charge is 0.255 e. The first-order valence-corrected chi connectivity index (χ1v) is 8.23. The fourth-order valence-electron chi connectivity index (χ4n) is 2.22. The zero-order valence-electron chi connectivity index (χ0n) is 11.8. The first-order valence-electron chi connectivity index (χ1n) is 6.75. The summed E-state index contributed by atoms with van der Waals surface area (Å²) in [7, 11) is -3.92. The van der Waals surface area contributed by atoms with Gasteiger partial charge in [0.15, 0.2) is 0 Å². The number of nitrogens with zero attached hydrogens (tertiary/aromatic N) is 1. The van der Waals surface area contributed by atoms with Crippen LogP contribution in [-0.4, -0.2) is 13.4 Å². The number of pyridine rings is 1. The van der Waals surface area contributed by atoms with Gasteiger partial charge in [0.25, 0.3) is 0 Å². The lowest BCUT2D eigenvalue weighted by molar-refractivity contribution is 0.567. The van der Waals surface area contributed by atoms with E-state index >= 15 is 0 Å². The predicted octanol–water partition coefficient (Wildman–Crippen LogP) is 2.99. The van der Waals surface area contributed by atoms with Crippen LogP contribution in [-0.2, 0) is 16.6 Å². The highest BCUT2D eigenvalue weighted by Crippen LogP contribution is 2.21. The lowest BCUT2D eigenvalue weighted by atomic mass is 10.2. The van der Waals surface area contributed by atoms with Crippen LogP contribution in [0.25, 0.3) is 10.9 Å². The summed E-state index contributed by atoms with van der Waals surface area (Å²) in [5.41, 5.74) is 0.254. The molecule has 0 fully saturated rings. The predicted molar refractivity (Wildman–Crippen MR) is 82.1 cm³/mol. The quantitative estimate of drug-likeness (QED) is 0.798. The number of sulfonamides is 1. The van der Waals surface area contributed by atoms with Crippen molar-refractivity contribution in [1.82, 2.24) is 9.71 Å². The third-order valence-corrected chi connectivity index (χ3v) is 4.78. The summed E-state index contributed by atoms with van der Waals surface area (Å²) < 4.78 is 53.9. The third-order valence-electron chi connectivity index (χ3n) is 3.35. The molecule has 4 nitrogen and oxygen atoms in total. The fraction of sp³-hybridized carbons (Fsp3) is 0.0625. The zero-order chi connectivity index (χ0) is 16.4. The highest BCUT2D eigenvalue weighted by Gasteiger charge is 2.18. The van der Waals surface area contributed by atoms with Crippen molar-refractivity contribution in [3.63, 3.8) is 0 Å². The molecule has 3 aromatic rings. The molecule has 1 N–H and O–H groups in total. The van der Waals surface area contributed by atoms with Crippen molar-refractivity contribution in [2.45, 2.75) is 11.4 Å². The molecule has 0 aliphatic carbocycles. The number of rotatable bonds is 4. The number of aromatic nitrogens is 1. The molecule has 0 radical (unpaired) electrons. The second-order valence-corrected chi connectivity index (χ2v) is 6.63. The average Bonchev–Trinajstić information content (AvgIpc) is 2.55. The Labute approximate surface area is 131 Å². The number of hydrogen-bond donors (Lipinski definition) is 1. The number of nitrogens with one attached hydrogen (secondary N) is 1. The van der Waals surface area contributed by atoms with Crippen LogP contribution in [0.15, 0.2) is 59.6 Å². The smallest absolute Gasteiger partial charge is 0.243 e. The highest BCUT2D eigenvalue weighted by atomic mass is 32.2. The Kier molecular flexibility index (Phi) is 4.06. The summed E-state index contributed by atoms with van der Waals surface area (Å²) >= 11 is 0. The van der Waals surface area contributed by atoms with E-state index in [1.54, 1.807) is 24.3 Å². The Morgan fingerprint density at radius 1 is 1.04 bits per heavy atom. The Morgan fingerprint density at radius 2 is 1.83 bits per heavy atom. The van der Waals surface area contributed by atoms with Crippen LogP contribution in [0.5, 0.6) is 0 Å². The molecule has 2 aromatic carbocycles. The SMILES string of the molecule is O=S(=O)(NCc1cc(F)ccc1F)c1cccc2cccnc12. The number of benzene rings is 2. The molecule has 0 bridgehead atoms. The summed E-state index contributed by atoms with van der Waals surface area (Å²) in [4.78, 5) is 4.07. The molecule has 0 atom stereocenters. The number of fused-ring (bicyclic) bond motifs is 1. The maximum atomic E-state index is 13.6. The van der Waals surface area contributed by atoms with Crippen LogP contribution in [0.1, 0.15) is 5.56 Å². The monoisotopic (exact) mass is 334 g/mol. The van der Waals surface area contributed by atoms with Gasteiger partial charge in [-0.3, -0.25) is 4.98 Å². The second-order valence-electron chi connectivity index (χ2n) is 4.89. The Hall–Kier alpha value is -2.38. The molecule has 3 rings (SSSR count). The average molecular weight is 334 g/mol. The molecule has 118 valence electrons. The lowest BCUT2D eigenvalue weighted by Gasteiger charge is -2.09. The molecular weight excluding hydrogens is 322 g/mol. The van der Waals surface area contributed by atoms with Gasteiger partial charge in [0, 0.05) is 23.7 Å². The van der Waals surface area contributed by atoms with Gasteiger partial charge in [0.2, 0.25) is 10.0 Å². The van der Waals surface area contributed by atoms with Crippen molar-refractivity contribution in [3.05, 3.63) is 71.9 Å². The molecule has 1 heterocycles. The maximum absolute atomic E-state index is 13.6. The molecule has 0 amide bonds. The fourth-order valence-corrected chi connectivity index (χ4v) is 3.41. The Balaban J connectivity index is 1.94. The van der Waals surface area contributed by atoms with Crippen LogP contribution in [0, 0.1) is 11.6 Å². The van der Waals surface area contributed by atoms with Crippen LogP contribution in [0.3, 0.4) is 0 Å². The minimum Gasteiger partial charge on any atom is -0.255 e. The van der Waals surface area contributed by atoms with Gasteiger partial charge in [-0.15, -0.1) is 0 Å². The van der Waals surface area contributed by atoms with E-state index in [0.29, 0.717) is 10.9 Å². The van der Waals surface area contributed by atoms with Gasteiger partial charge in [-0.2, -0.15) is 0 Å². The van der Waals surface area contributed by atoms with Gasteiger partial charge in [0.1, 0.15) is 16.5 Å². The standard InChI is InChI=1S/C16H12F2N2O2S/c17-13-6-7-14(18)12(9-13)10-20-23(21,22)15-5-1-3-11-4-2-8-19-16(11)15/h1-9,20H,10H2. The normalized spacial score (nSPS) is 11.7. The molecule has 0 spiro atoms. The summed E-state index contributed by atoms with van der Waals surface area (Å²) in [5.74, 6) is -1.31. The third kappa shape index (κ3) is 3.20. The maximum Gasteiger partial charge on any atom is 0.243 e. The van der Waals surface area contributed by atoms with Crippen molar-refractivity contribution in [3.8, 4) is 0 Å². The van der Waals surface area contributed by atoms with E-state index in [1.165, 1.54) is 12.3 Å². The van der Waals surface area contributed by atoms with Crippen LogP contribution in [0.4, 0.5) is 8.78 Å². The van der Waals surface area contributed by atoms with Gasteiger partial charge in [-0.05, 0) is 30.3 Å². The summed E-state index contributed by atoms with van der Waals surface area (Å²) in [6, 6.07) is 11.1. The molecule has 1 aromatic heterocycles. The van der Waals surface area contributed by atoms with Gasteiger partial charge < -0.3 is 0 Å². The topological polar surface area (TPSA) is 59.1 Å². The number of hydrogen-bond acceptors (Lipinski definition) is 3. The molecule has 7 heteroatoms. The van der Waals surface area contributed by atoms with Gasteiger partial charge in [-0.1, -0.05) is 18.2 Å². The molecule has 0 saturated carbocycles. The molecule has 0 aliphatic rings. The minimum absolute atomic E-state index is 0.00703. The second kappa shape index (κ2) is 6.02. The van der Waals surface area contributed by atoms with E-state index in [9.17, 15) is 17.2 Å². The van der Waals surface area contributed by atoms with Crippen LogP contribution >= 0.6 is 0 Å². The van der Waals surface area contributed by atoms with Crippen LogP contribution < -0.4 is 4.72 Å². The van der Waals surface area contributed by atoms with E-state index in [0.717, 1.165) is 18.2 Å². The van der Waals surface area contributed by atoms with E-state index < -0.39 is 21.7 Å². The van der Waals surface area contributed by atoms with Crippen molar-refractivity contribution in [2.24, 2.45) is 0 Å². The van der Waals surface area contributed by atoms with Crippen molar-refractivity contribution in [2.75, 3.05) is 0 Å². The molecule has 0 saturated heterocycles. The van der Waals surface area contributed by atoms with Gasteiger partial charge in [-0.25, -0.2) is 21.9 Å². The zero-order valence-corrected chi connectivity index (χ0v) is 12.6. The summed E-state index contributed by atoms with van der Waals surface area (Å²) in [5, 5.41) is 0.673. The number of halogens is 2. The molecule has 0 unspecified atom stereocenters. The Bertz CT molecular complexity index is 969. The van der Waals surface area contributed by atoms with Gasteiger partial charge >= 0.3 is 0 Å². The highest BCUT2D eigenvalue weighted by molar-refractivity contribution is 7.89. The van der Waals surface area contributed by atoms with E-state index in [2.05, 4.69) is 9.71 Å². The van der Waals surface area contributed by atoms with E-state index in [4.69, 9.17) is 0 Å². The van der Waals surface area contributed by atoms with Crippen molar-refractivity contribution < 1.29 is 17.2 Å².